The molecule has 0 aliphatic rings. The van der Waals surface area contributed by atoms with E-state index in [4.69, 9.17) is 5.26 Å². The van der Waals surface area contributed by atoms with Gasteiger partial charge in [0, 0.05) is 12.8 Å². The first kappa shape index (κ1) is 18.2. The van der Waals surface area contributed by atoms with Crippen molar-refractivity contribution >= 4 is 27.1 Å². The molecule has 0 aliphatic carbocycles. The number of benzene rings is 1. The lowest BCUT2D eigenvalue weighted by Crippen LogP contribution is -2.22. The monoisotopic (exact) mass is 362 g/mol. The van der Waals surface area contributed by atoms with E-state index in [1.165, 1.54) is 12.1 Å². The lowest BCUT2D eigenvalue weighted by Gasteiger charge is -2.16. The van der Waals surface area contributed by atoms with Crippen molar-refractivity contribution in [3.63, 3.8) is 0 Å². The average molecular weight is 362 g/mol. The van der Waals surface area contributed by atoms with Crippen molar-refractivity contribution in [2.75, 3.05) is 6.26 Å². The molecule has 1 aromatic carbocycles. The highest BCUT2D eigenvalue weighted by Crippen LogP contribution is 2.23. The van der Waals surface area contributed by atoms with Gasteiger partial charge in [0.05, 0.1) is 16.4 Å². The quantitative estimate of drug-likeness (QED) is 0.886. The molecule has 2 aromatic rings. The first-order valence-corrected chi connectivity index (χ1v) is 9.93. The van der Waals surface area contributed by atoms with E-state index in [0.29, 0.717) is 11.4 Å². The normalized spacial score (nSPS) is 11.8. The molecular formula is C17H18N2O3S2. The van der Waals surface area contributed by atoms with Gasteiger partial charge in [-0.15, -0.1) is 11.3 Å². The molecule has 0 saturated carbocycles. The molecule has 126 valence electrons. The fourth-order valence-electron chi connectivity index (χ4n) is 2.01. The zero-order chi connectivity index (χ0) is 18.0. The van der Waals surface area contributed by atoms with Gasteiger partial charge in [0.2, 0.25) is 0 Å². The molecule has 1 heterocycles. The molecule has 0 unspecified atom stereocenters. The number of nitrogens with one attached hydrogen (secondary N) is 1. The molecule has 0 atom stereocenters. The molecular weight excluding hydrogens is 344 g/mol. The van der Waals surface area contributed by atoms with Gasteiger partial charge in [0.25, 0.3) is 5.91 Å². The summed E-state index contributed by atoms with van der Waals surface area (Å²) in [6.45, 7) is 4.03. The number of nitriles is 1. The number of thiophene rings is 1. The van der Waals surface area contributed by atoms with Crippen molar-refractivity contribution < 1.29 is 13.2 Å². The van der Waals surface area contributed by atoms with Crippen molar-refractivity contribution in [1.29, 1.82) is 5.26 Å². The van der Waals surface area contributed by atoms with Gasteiger partial charge in [-0.2, -0.15) is 5.26 Å². The van der Waals surface area contributed by atoms with Crippen LogP contribution in [0.5, 0.6) is 0 Å². The predicted octanol–water partition coefficient (Wildman–Crippen LogP) is 2.88. The number of carbonyl (C=O) groups is 1. The first-order valence-electron chi connectivity index (χ1n) is 7.22. The van der Waals surface area contributed by atoms with E-state index in [2.05, 4.69) is 11.4 Å². The third-order valence-corrected chi connectivity index (χ3v) is 6.48. The lowest BCUT2D eigenvalue weighted by molar-refractivity contribution is 0.0955. The molecule has 1 aromatic heterocycles. The summed E-state index contributed by atoms with van der Waals surface area (Å²) in [5.41, 5.74) is 1.26. The van der Waals surface area contributed by atoms with Crippen molar-refractivity contribution in [1.82, 2.24) is 5.32 Å². The lowest BCUT2D eigenvalue weighted by atomic mass is 9.86. The van der Waals surface area contributed by atoms with E-state index in [1.807, 2.05) is 38.1 Å². The van der Waals surface area contributed by atoms with Crippen LogP contribution in [0.1, 0.15) is 34.6 Å². The molecule has 0 aliphatic heterocycles. The van der Waals surface area contributed by atoms with Crippen LogP contribution in [0.25, 0.3) is 0 Å². The van der Waals surface area contributed by atoms with E-state index < -0.39 is 15.3 Å². The number of rotatable bonds is 5. The van der Waals surface area contributed by atoms with Gasteiger partial charge in [-0.1, -0.05) is 24.3 Å². The highest BCUT2D eigenvalue weighted by molar-refractivity contribution is 7.92. The SMILES string of the molecule is CC(C)(C#N)c1ccc(CNC(=O)c2ccc(S(C)(=O)=O)s2)cc1. The van der Waals surface area contributed by atoms with Crippen LogP contribution < -0.4 is 5.32 Å². The Labute approximate surface area is 145 Å². The van der Waals surface area contributed by atoms with Gasteiger partial charge in [0.1, 0.15) is 4.21 Å². The Bertz CT molecular complexity index is 889. The molecule has 2 rings (SSSR count). The smallest absolute Gasteiger partial charge is 0.261 e. The first-order chi connectivity index (χ1) is 11.1. The predicted molar refractivity (Wildman–Crippen MR) is 93.7 cm³/mol. The van der Waals surface area contributed by atoms with Crippen molar-refractivity contribution in [3.05, 3.63) is 52.4 Å². The van der Waals surface area contributed by atoms with Gasteiger partial charge in [-0.25, -0.2) is 8.42 Å². The van der Waals surface area contributed by atoms with Crippen LogP contribution in [0.4, 0.5) is 0 Å². The van der Waals surface area contributed by atoms with Crippen LogP contribution in [0.3, 0.4) is 0 Å². The maximum atomic E-state index is 12.1. The fourth-order valence-corrected chi connectivity index (χ4v) is 3.86. The summed E-state index contributed by atoms with van der Waals surface area (Å²) in [5, 5.41) is 11.9. The third-order valence-electron chi connectivity index (χ3n) is 3.58. The topological polar surface area (TPSA) is 87.0 Å². The Morgan fingerprint density at radius 1 is 1.21 bits per heavy atom. The fraction of sp³-hybridized carbons (Fsp3) is 0.294. The second kappa shape index (κ2) is 6.75. The van der Waals surface area contributed by atoms with Gasteiger partial charge < -0.3 is 5.32 Å². The highest BCUT2D eigenvalue weighted by atomic mass is 32.2. The molecule has 0 saturated heterocycles. The van der Waals surface area contributed by atoms with Crippen LogP contribution >= 0.6 is 11.3 Å². The molecule has 7 heteroatoms. The van der Waals surface area contributed by atoms with E-state index in [-0.39, 0.29) is 10.1 Å². The number of amides is 1. The molecule has 0 radical (unpaired) electrons. The Balaban J connectivity index is 2.02. The summed E-state index contributed by atoms with van der Waals surface area (Å²) in [5.74, 6) is -0.309. The standard InChI is InChI=1S/C17H18N2O3S2/c1-17(2,11-18)13-6-4-12(5-7-13)10-19-16(20)14-8-9-15(23-14)24(3,21)22/h4-9H,10H2,1-3H3,(H,19,20). The molecule has 0 fully saturated rings. The maximum absolute atomic E-state index is 12.1. The highest BCUT2D eigenvalue weighted by Gasteiger charge is 2.19. The average Bonchev–Trinajstić information content (AvgIpc) is 3.03. The zero-order valence-corrected chi connectivity index (χ0v) is 15.3. The molecule has 1 N–H and O–H groups in total. The maximum Gasteiger partial charge on any atom is 0.261 e. The summed E-state index contributed by atoms with van der Waals surface area (Å²) in [4.78, 5) is 12.5. The van der Waals surface area contributed by atoms with Gasteiger partial charge >= 0.3 is 0 Å². The minimum Gasteiger partial charge on any atom is -0.347 e. The molecule has 0 spiro atoms. The Kier molecular flexibility index (Phi) is 5.11. The van der Waals surface area contributed by atoms with Crippen molar-refractivity contribution in [2.45, 2.75) is 30.0 Å². The summed E-state index contributed by atoms with van der Waals surface area (Å²) in [6, 6.07) is 12.7. The summed E-state index contributed by atoms with van der Waals surface area (Å²) in [7, 11) is -3.29. The van der Waals surface area contributed by atoms with E-state index >= 15 is 0 Å². The number of hydrogen-bond acceptors (Lipinski definition) is 5. The Hall–Kier alpha value is -2.17. The zero-order valence-electron chi connectivity index (χ0n) is 13.7. The van der Waals surface area contributed by atoms with Crippen LogP contribution in [-0.2, 0) is 21.8 Å². The van der Waals surface area contributed by atoms with Crippen molar-refractivity contribution in [3.8, 4) is 6.07 Å². The van der Waals surface area contributed by atoms with E-state index in [1.54, 1.807) is 0 Å². The summed E-state index contributed by atoms with van der Waals surface area (Å²) in [6.07, 6.45) is 1.12. The van der Waals surface area contributed by atoms with E-state index in [0.717, 1.165) is 28.7 Å². The number of carbonyl (C=O) groups excluding carboxylic acids is 1. The second-order valence-corrected chi connectivity index (χ2v) is 9.33. The molecule has 0 bridgehead atoms. The number of sulfone groups is 1. The largest absolute Gasteiger partial charge is 0.347 e. The molecule has 1 amide bonds. The minimum atomic E-state index is -3.29. The number of hydrogen-bond donors (Lipinski definition) is 1. The third kappa shape index (κ3) is 4.22. The molecule has 5 nitrogen and oxygen atoms in total. The van der Waals surface area contributed by atoms with Gasteiger partial charge in [0.15, 0.2) is 9.84 Å². The summed E-state index contributed by atoms with van der Waals surface area (Å²) < 4.78 is 23.1. The minimum absolute atomic E-state index is 0.177. The van der Waals surface area contributed by atoms with Gasteiger partial charge in [-0.05, 0) is 37.1 Å². The van der Waals surface area contributed by atoms with E-state index in [9.17, 15) is 13.2 Å². The second-order valence-electron chi connectivity index (χ2n) is 6.01. The van der Waals surface area contributed by atoms with Gasteiger partial charge in [-0.3, -0.25) is 4.79 Å². The van der Waals surface area contributed by atoms with Crippen LogP contribution in [0, 0.1) is 11.3 Å². The summed E-state index contributed by atoms with van der Waals surface area (Å²) >= 11 is 0.956. The molecule has 24 heavy (non-hydrogen) atoms. The Morgan fingerprint density at radius 3 is 2.33 bits per heavy atom. The van der Waals surface area contributed by atoms with Crippen LogP contribution in [0.15, 0.2) is 40.6 Å². The van der Waals surface area contributed by atoms with Crippen LogP contribution in [-0.4, -0.2) is 20.6 Å². The van der Waals surface area contributed by atoms with Crippen LogP contribution in [0.2, 0.25) is 0 Å². The number of nitrogens with zero attached hydrogens (tertiary/aromatic N) is 1. The van der Waals surface area contributed by atoms with Crippen molar-refractivity contribution in [2.24, 2.45) is 0 Å². The Morgan fingerprint density at radius 2 is 1.83 bits per heavy atom.